The van der Waals surface area contributed by atoms with E-state index in [2.05, 4.69) is 13.8 Å². The first-order valence-electron chi connectivity index (χ1n) is 23.3. The summed E-state index contributed by atoms with van der Waals surface area (Å²) in [5.74, 6) is 0.271. The zero-order chi connectivity index (χ0) is 44.7. The second-order valence-electron chi connectivity index (χ2n) is 16.1. The Balaban J connectivity index is 1.09. The number of hydrogen-bond acceptors (Lipinski definition) is 8. The van der Waals surface area contributed by atoms with E-state index in [-0.39, 0.29) is 29.5 Å². The van der Waals surface area contributed by atoms with Crippen molar-refractivity contribution >= 4 is 35.7 Å². The number of hydrogen-bond donors (Lipinski definition) is 0. The van der Waals surface area contributed by atoms with Gasteiger partial charge in [0.25, 0.3) is 0 Å². The van der Waals surface area contributed by atoms with E-state index in [0.717, 1.165) is 35.5 Å². The molecular formula is C55H68O8. The molecule has 0 bridgehead atoms. The number of esters is 2. The molecule has 0 aliphatic carbocycles. The van der Waals surface area contributed by atoms with Crippen LogP contribution in [0.25, 0.3) is 12.2 Å². The highest BCUT2D eigenvalue weighted by molar-refractivity contribution is 6.13. The van der Waals surface area contributed by atoms with Crippen LogP contribution in [0.5, 0.6) is 23.0 Å². The maximum atomic E-state index is 12.9. The molecule has 0 spiro atoms. The second kappa shape index (κ2) is 30.3. The summed E-state index contributed by atoms with van der Waals surface area (Å²) in [7, 11) is 0. The number of Topliss-reactive ketones (excluding diaryl/α,β-unsaturated/α-hetero) is 2. The molecular weight excluding hydrogens is 789 g/mol. The van der Waals surface area contributed by atoms with Crippen LogP contribution in [0.1, 0.15) is 168 Å². The number of carbonyl (C=O) groups is 4. The lowest BCUT2D eigenvalue weighted by atomic mass is 10.0. The van der Waals surface area contributed by atoms with E-state index in [1.807, 2.05) is 48.5 Å². The quantitative estimate of drug-likeness (QED) is 0.0119. The number of benzene rings is 4. The fraction of sp³-hybridized carbons (Fsp3) is 0.418. The Hall–Kier alpha value is -5.76. The maximum absolute atomic E-state index is 12.9. The lowest BCUT2D eigenvalue weighted by Crippen LogP contribution is -2.09. The summed E-state index contributed by atoms with van der Waals surface area (Å²) in [6.45, 7) is 5.87. The molecule has 4 rings (SSSR count). The fourth-order valence-corrected chi connectivity index (χ4v) is 6.95. The van der Waals surface area contributed by atoms with Gasteiger partial charge in [0.2, 0.25) is 0 Å². The second-order valence-corrected chi connectivity index (χ2v) is 16.1. The third-order valence-corrected chi connectivity index (χ3v) is 10.7. The van der Waals surface area contributed by atoms with Crippen LogP contribution in [-0.2, 0) is 9.59 Å². The summed E-state index contributed by atoms with van der Waals surface area (Å²) in [5, 5.41) is 0. The minimum atomic E-state index is -0.560. The standard InChI is InChI=1S/C55H68O8/c1-3-5-7-9-11-13-15-17-19-41-60-48-31-21-44(22-32-48)25-39-54(58)62-50-35-27-46(28-36-50)52(56)43-53(57)47-29-37-51(38-30-47)63-55(59)40-26-45-23-33-49(34-24-45)61-42-20-18-16-14-12-10-8-6-4-2/h21-40H,3-20,41-43H2,1-2H3/b39-25+,40-26+. The molecule has 0 N–H and O–H groups in total. The Morgan fingerprint density at radius 3 is 1.02 bits per heavy atom. The van der Waals surface area contributed by atoms with Crippen LogP contribution in [0.4, 0.5) is 0 Å². The largest absolute Gasteiger partial charge is 0.494 e. The van der Waals surface area contributed by atoms with Crippen molar-refractivity contribution in [1.29, 1.82) is 0 Å². The first-order valence-corrected chi connectivity index (χ1v) is 23.3. The lowest BCUT2D eigenvalue weighted by molar-refractivity contribution is -0.129. The van der Waals surface area contributed by atoms with E-state index in [0.29, 0.717) is 24.3 Å². The average molecular weight is 857 g/mol. The summed E-state index contributed by atoms with van der Waals surface area (Å²) in [5.41, 5.74) is 2.29. The van der Waals surface area contributed by atoms with E-state index in [1.54, 1.807) is 12.2 Å². The average Bonchev–Trinajstić information content (AvgIpc) is 3.30. The predicted octanol–water partition coefficient (Wildman–Crippen LogP) is 14.2. The number of rotatable bonds is 32. The highest BCUT2D eigenvalue weighted by Gasteiger charge is 2.15. The van der Waals surface area contributed by atoms with Crippen molar-refractivity contribution in [2.45, 2.75) is 136 Å². The molecule has 336 valence electrons. The van der Waals surface area contributed by atoms with Gasteiger partial charge in [-0.15, -0.1) is 0 Å². The zero-order valence-corrected chi connectivity index (χ0v) is 37.7. The number of ether oxygens (including phenoxy) is 4. The van der Waals surface area contributed by atoms with Gasteiger partial charge in [-0.1, -0.05) is 141 Å². The molecule has 0 heterocycles. The van der Waals surface area contributed by atoms with Gasteiger partial charge in [-0.05, 0) is 109 Å². The highest BCUT2D eigenvalue weighted by atomic mass is 16.5. The molecule has 0 radical (unpaired) electrons. The van der Waals surface area contributed by atoms with Gasteiger partial charge >= 0.3 is 11.9 Å². The minimum absolute atomic E-state index is 0.273. The molecule has 0 aliphatic heterocycles. The third-order valence-electron chi connectivity index (χ3n) is 10.7. The van der Waals surface area contributed by atoms with Gasteiger partial charge in [0.15, 0.2) is 11.6 Å². The van der Waals surface area contributed by atoms with Gasteiger partial charge < -0.3 is 18.9 Å². The van der Waals surface area contributed by atoms with Crippen LogP contribution in [0.15, 0.2) is 109 Å². The smallest absolute Gasteiger partial charge is 0.336 e. The van der Waals surface area contributed by atoms with Crippen molar-refractivity contribution in [2.24, 2.45) is 0 Å². The molecule has 0 fully saturated rings. The Morgan fingerprint density at radius 2 is 0.683 bits per heavy atom. The molecule has 0 aromatic heterocycles. The number of unbranched alkanes of at least 4 members (excludes halogenated alkanes) is 16. The van der Waals surface area contributed by atoms with E-state index in [9.17, 15) is 19.2 Å². The van der Waals surface area contributed by atoms with E-state index in [1.165, 1.54) is 163 Å². The molecule has 63 heavy (non-hydrogen) atoms. The first kappa shape index (κ1) is 49.9. The zero-order valence-electron chi connectivity index (χ0n) is 37.7. The minimum Gasteiger partial charge on any atom is -0.494 e. The SMILES string of the molecule is CCCCCCCCCCCOc1ccc(/C=C/C(=O)Oc2ccc(C(=O)CC(=O)c3ccc(OC(=O)/C=C/c4ccc(OCCCCCCCCCCC)cc4)cc3)cc2)cc1. The molecule has 0 saturated heterocycles. The van der Waals surface area contributed by atoms with Crippen molar-refractivity contribution in [3.05, 3.63) is 131 Å². The molecule has 0 amide bonds. The fourth-order valence-electron chi connectivity index (χ4n) is 6.95. The lowest BCUT2D eigenvalue weighted by Gasteiger charge is -2.07. The van der Waals surface area contributed by atoms with Gasteiger partial charge in [-0.2, -0.15) is 0 Å². The van der Waals surface area contributed by atoms with Crippen molar-refractivity contribution in [3.8, 4) is 23.0 Å². The Morgan fingerprint density at radius 1 is 0.381 bits per heavy atom. The Labute approximate surface area is 376 Å². The Kier molecular flexibility index (Phi) is 24.0. The van der Waals surface area contributed by atoms with Crippen LogP contribution < -0.4 is 18.9 Å². The van der Waals surface area contributed by atoms with Crippen molar-refractivity contribution in [2.75, 3.05) is 13.2 Å². The number of ketones is 2. The van der Waals surface area contributed by atoms with Crippen molar-refractivity contribution in [1.82, 2.24) is 0 Å². The molecule has 8 heteroatoms. The van der Waals surface area contributed by atoms with Gasteiger partial charge in [-0.25, -0.2) is 9.59 Å². The summed E-state index contributed by atoms with van der Waals surface area (Å²) in [4.78, 5) is 50.7. The van der Waals surface area contributed by atoms with Gasteiger partial charge in [0.1, 0.15) is 23.0 Å². The molecule has 0 aliphatic rings. The van der Waals surface area contributed by atoms with E-state index >= 15 is 0 Å². The Bertz CT molecular complexity index is 1830. The normalized spacial score (nSPS) is 11.2. The van der Waals surface area contributed by atoms with Crippen LogP contribution in [-0.4, -0.2) is 36.7 Å². The molecule has 4 aromatic rings. The summed E-state index contributed by atoms with van der Waals surface area (Å²) in [6.07, 6.45) is 28.5. The molecule has 0 saturated carbocycles. The van der Waals surface area contributed by atoms with E-state index < -0.39 is 11.9 Å². The van der Waals surface area contributed by atoms with Crippen molar-refractivity contribution < 1.29 is 38.1 Å². The van der Waals surface area contributed by atoms with Crippen LogP contribution in [0.3, 0.4) is 0 Å². The maximum Gasteiger partial charge on any atom is 0.336 e. The first-order chi connectivity index (χ1) is 30.8. The third kappa shape index (κ3) is 21.2. The molecule has 4 aromatic carbocycles. The highest BCUT2D eigenvalue weighted by Crippen LogP contribution is 2.20. The van der Waals surface area contributed by atoms with Crippen LogP contribution in [0, 0.1) is 0 Å². The number of carbonyl (C=O) groups excluding carboxylic acids is 4. The van der Waals surface area contributed by atoms with Crippen LogP contribution >= 0.6 is 0 Å². The topological polar surface area (TPSA) is 105 Å². The molecule has 0 atom stereocenters. The van der Waals surface area contributed by atoms with Gasteiger partial charge in [0, 0.05) is 23.3 Å². The van der Waals surface area contributed by atoms with Crippen LogP contribution in [0.2, 0.25) is 0 Å². The monoisotopic (exact) mass is 856 g/mol. The van der Waals surface area contributed by atoms with Crippen molar-refractivity contribution in [3.63, 3.8) is 0 Å². The van der Waals surface area contributed by atoms with Gasteiger partial charge in [-0.3, -0.25) is 9.59 Å². The summed E-state index contributed by atoms with van der Waals surface area (Å²) >= 11 is 0. The summed E-state index contributed by atoms with van der Waals surface area (Å²) < 4.78 is 22.5. The van der Waals surface area contributed by atoms with Gasteiger partial charge in [0.05, 0.1) is 19.6 Å². The van der Waals surface area contributed by atoms with E-state index in [4.69, 9.17) is 18.9 Å². The molecule has 8 nitrogen and oxygen atoms in total. The predicted molar refractivity (Wildman–Crippen MR) is 254 cm³/mol. The molecule has 0 unspecified atom stereocenters. The summed E-state index contributed by atoms with van der Waals surface area (Å²) in [6, 6.07) is 27.3.